The quantitative estimate of drug-likeness (QED) is 0.809. The zero-order valence-corrected chi connectivity index (χ0v) is 15.4. The summed E-state index contributed by atoms with van der Waals surface area (Å²) >= 11 is 0. The molecule has 3 rings (SSSR count). The highest BCUT2D eigenvalue weighted by atomic mass is 19.1. The number of hydrogen-bond donors (Lipinski definition) is 1. The number of hydrogen-bond acceptors (Lipinski definition) is 3. The molecule has 2 aromatic carbocycles. The first-order valence-electron chi connectivity index (χ1n) is 9.36. The minimum atomic E-state index is -0.288. The fourth-order valence-electron chi connectivity index (χ4n) is 3.14. The van der Waals surface area contributed by atoms with Crippen LogP contribution < -0.4 is 5.32 Å². The van der Waals surface area contributed by atoms with Crippen LogP contribution >= 0.6 is 0 Å². The number of anilines is 1. The number of para-hydroxylation sites is 1. The third-order valence-electron chi connectivity index (χ3n) is 4.58. The van der Waals surface area contributed by atoms with Crippen molar-refractivity contribution in [1.82, 2.24) is 9.80 Å². The largest absolute Gasteiger partial charge is 0.379 e. The number of ether oxygens (including phenoxy) is 1. The number of carbonyl (C=O) groups excluding carboxylic acids is 1. The Balaban J connectivity index is 1.60. The molecule has 0 radical (unpaired) electrons. The minimum absolute atomic E-state index is 0.174. The van der Waals surface area contributed by atoms with Gasteiger partial charge in [-0.1, -0.05) is 30.3 Å². The second kappa shape index (κ2) is 10.0. The number of amides is 2. The zero-order valence-electron chi connectivity index (χ0n) is 15.4. The molecular formula is C21H26FN3O2. The molecule has 0 spiro atoms. The van der Waals surface area contributed by atoms with Gasteiger partial charge in [-0.3, -0.25) is 4.90 Å². The van der Waals surface area contributed by atoms with Gasteiger partial charge in [-0.25, -0.2) is 9.18 Å². The standard InChI is InChI=1S/C21H26FN3O2/c22-19-7-4-6-18(16-19)17-25(11-5-10-24-12-14-27-15-13-24)21(26)23-20-8-2-1-3-9-20/h1-4,6-9,16H,5,10-15,17H2,(H,23,26). The van der Waals surface area contributed by atoms with Crippen molar-refractivity contribution in [3.63, 3.8) is 0 Å². The van der Waals surface area contributed by atoms with Crippen LogP contribution in [0.25, 0.3) is 0 Å². The minimum Gasteiger partial charge on any atom is -0.379 e. The number of halogens is 1. The van der Waals surface area contributed by atoms with Crippen LogP contribution in [0.4, 0.5) is 14.9 Å². The highest BCUT2D eigenvalue weighted by molar-refractivity contribution is 5.89. The van der Waals surface area contributed by atoms with E-state index in [9.17, 15) is 9.18 Å². The molecule has 27 heavy (non-hydrogen) atoms. The van der Waals surface area contributed by atoms with Crippen molar-refractivity contribution in [3.8, 4) is 0 Å². The Morgan fingerprint density at radius 2 is 1.89 bits per heavy atom. The van der Waals surface area contributed by atoms with E-state index in [0.29, 0.717) is 13.1 Å². The first-order valence-corrected chi connectivity index (χ1v) is 9.36. The Morgan fingerprint density at radius 1 is 1.11 bits per heavy atom. The SMILES string of the molecule is O=C(Nc1ccccc1)N(CCCN1CCOCC1)Cc1cccc(F)c1. The Labute approximate surface area is 159 Å². The van der Waals surface area contributed by atoms with Crippen LogP contribution in [0.15, 0.2) is 54.6 Å². The lowest BCUT2D eigenvalue weighted by Gasteiger charge is -2.28. The molecular weight excluding hydrogens is 345 g/mol. The number of rotatable bonds is 7. The number of urea groups is 1. The molecule has 1 N–H and O–H groups in total. The summed E-state index contributed by atoms with van der Waals surface area (Å²) < 4.78 is 18.9. The molecule has 0 atom stereocenters. The normalized spacial score (nSPS) is 14.7. The molecule has 2 amide bonds. The van der Waals surface area contributed by atoms with Crippen LogP contribution in [0.5, 0.6) is 0 Å². The molecule has 0 aliphatic carbocycles. The lowest BCUT2D eigenvalue weighted by molar-refractivity contribution is 0.0365. The molecule has 1 saturated heterocycles. The Hall–Kier alpha value is -2.44. The molecule has 1 aliphatic heterocycles. The monoisotopic (exact) mass is 371 g/mol. The van der Waals surface area contributed by atoms with E-state index >= 15 is 0 Å². The zero-order chi connectivity index (χ0) is 18.9. The summed E-state index contributed by atoms with van der Waals surface area (Å²) in [5.41, 5.74) is 1.53. The first-order chi connectivity index (χ1) is 13.2. The van der Waals surface area contributed by atoms with E-state index in [-0.39, 0.29) is 11.8 Å². The number of nitrogens with one attached hydrogen (secondary N) is 1. The highest BCUT2D eigenvalue weighted by Crippen LogP contribution is 2.12. The van der Waals surface area contributed by atoms with Gasteiger partial charge in [0, 0.05) is 38.4 Å². The summed E-state index contributed by atoms with van der Waals surface area (Å²) in [6.07, 6.45) is 0.859. The van der Waals surface area contributed by atoms with Crippen LogP contribution in [0.3, 0.4) is 0 Å². The molecule has 5 nitrogen and oxygen atoms in total. The lowest BCUT2D eigenvalue weighted by Crippen LogP contribution is -2.40. The van der Waals surface area contributed by atoms with Gasteiger partial charge in [-0.2, -0.15) is 0 Å². The van der Waals surface area contributed by atoms with Gasteiger partial charge in [-0.05, 0) is 36.2 Å². The van der Waals surface area contributed by atoms with Crippen LogP contribution in [0.1, 0.15) is 12.0 Å². The Morgan fingerprint density at radius 3 is 2.63 bits per heavy atom. The third kappa shape index (κ3) is 6.34. The summed E-state index contributed by atoms with van der Waals surface area (Å²) in [5.74, 6) is -0.288. The van der Waals surface area contributed by atoms with Crippen molar-refractivity contribution < 1.29 is 13.9 Å². The fourth-order valence-corrected chi connectivity index (χ4v) is 3.14. The van der Waals surface area contributed by atoms with E-state index in [1.807, 2.05) is 36.4 Å². The van der Waals surface area contributed by atoms with Crippen molar-refractivity contribution in [1.29, 1.82) is 0 Å². The van der Waals surface area contributed by atoms with Gasteiger partial charge in [0.05, 0.1) is 13.2 Å². The van der Waals surface area contributed by atoms with E-state index in [0.717, 1.165) is 50.5 Å². The van der Waals surface area contributed by atoms with Crippen molar-refractivity contribution >= 4 is 11.7 Å². The summed E-state index contributed by atoms with van der Waals surface area (Å²) in [5, 5.41) is 2.92. The molecule has 1 fully saturated rings. The third-order valence-corrected chi connectivity index (χ3v) is 4.58. The molecule has 2 aromatic rings. The average Bonchev–Trinajstić information content (AvgIpc) is 2.69. The Bertz CT molecular complexity index is 720. The molecule has 1 aliphatic rings. The molecule has 144 valence electrons. The number of morpholine rings is 1. The summed E-state index contributed by atoms with van der Waals surface area (Å²) in [7, 11) is 0. The van der Waals surface area contributed by atoms with Gasteiger partial charge >= 0.3 is 6.03 Å². The number of carbonyl (C=O) groups is 1. The molecule has 0 unspecified atom stereocenters. The maximum absolute atomic E-state index is 13.5. The molecule has 0 aromatic heterocycles. The van der Waals surface area contributed by atoms with Gasteiger partial charge in [-0.15, -0.1) is 0 Å². The maximum Gasteiger partial charge on any atom is 0.322 e. The fraction of sp³-hybridized carbons (Fsp3) is 0.381. The number of benzene rings is 2. The van der Waals surface area contributed by atoms with Gasteiger partial charge in [0.1, 0.15) is 5.82 Å². The van der Waals surface area contributed by atoms with Gasteiger partial charge in [0.2, 0.25) is 0 Å². The molecule has 0 saturated carbocycles. The average molecular weight is 371 g/mol. The van der Waals surface area contributed by atoms with Crippen molar-refractivity contribution in [2.24, 2.45) is 0 Å². The van der Waals surface area contributed by atoms with Gasteiger partial charge in [0.25, 0.3) is 0 Å². The van der Waals surface area contributed by atoms with Gasteiger partial charge < -0.3 is 15.0 Å². The Kier molecular flexibility index (Phi) is 7.19. The van der Waals surface area contributed by atoms with E-state index in [4.69, 9.17) is 4.74 Å². The van der Waals surface area contributed by atoms with Crippen molar-refractivity contribution in [2.45, 2.75) is 13.0 Å². The summed E-state index contributed by atoms with van der Waals surface area (Å²) in [6.45, 7) is 5.29. The summed E-state index contributed by atoms with van der Waals surface area (Å²) in [6, 6.07) is 15.6. The topological polar surface area (TPSA) is 44.8 Å². The second-order valence-electron chi connectivity index (χ2n) is 6.66. The smallest absolute Gasteiger partial charge is 0.322 e. The summed E-state index contributed by atoms with van der Waals surface area (Å²) in [4.78, 5) is 16.9. The molecule has 1 heterocycles. The predicted octanol–water partition coefficient (Wildman–Crippen LogP) is 3.58. The van der Waals surface area contributed by atoms with Crippen LogP contribution in [0.2, 0.25) is 0 Å². The van der Waals surface area contributed by atoms with E-state index < -0.39 is 0 Å². The maximum atomic E-state index is 13.5. The van der Waals surface area contributed by atoms with Crippen molar-refractivity contribution in [3.05, 3.63) is 66.0 Å². The highest BCUT2D eigenvalue weighted by Gasteiger charge is 2.16. The number of nitrogens with zero attached hydrogens (tertiary/aromatic N) is 2. The van der Waals surface area contributed by atoms with E-state index in [1.54, 1.807) is 11.0 Å². The first kappa shape index (κ1) is 19.3. The van der Waals surface area contributed by atoms with E-state index in [1.165, 1.54) is 12.1 Å². The molecule has 6 heteroatoms. The van der Waals surface area contributed by atoms with Crippen LogP contribution in [-0.4, -0.2) is 55.2 Å². The molecule has 0 bridgehead atoms. The van der Waals surface area contributed by atoms with Crippen LogP contribution in [0, 0.1) is 5.82 Å². The lowest BCUT2D eigenvalue weighted by atomic mass is 10.2. The second-order valence-corrected chi connectivity index (χ2v) is 6.66. The van der Waals surface area contributed by atoms with Gasteiger partial charge in [0.15, 0.2) is 0 Å². The van der Waals surface area contributed by atoms with Crippen molar-refractivity contribution in [2.75, 3.05) is 44.7 Å². The van der Waals surface area contributed by atoms with Crippen LogP contribution in [-0.2, 0) is 11.3 Å². The predicted molar refractivity (Wildman–Crippen MR) is 104 cm³/mol. The van der Waals surface area contributed by atoms with E-state index in [2.05, 4.69) is 10.2 Å².